The largest absolute Gasteiger partial charge is 0.469 e. The molecule has 0 amide bonds. The zero-order valence-electron chi connectivity index (χ0n) is 15.6. The molecule has 140 valence electrons. The molecule has 2 aromatic rings. The summed E-state index contributed by atoms with van der Waals surface area (Å²) in [6.45, 7) is 5.64. The van der Waals surface area contributed by atoms with Crippen molar-refractivity contribution in [3.05, 3.63) is 35.7 Å². The number of fused-ring (bicyclic) bond motifs is 2. The van der Waals surface area contributed by atoms with Crippen LogP contribution in [0.25, 0.3) is 11.3 Å². The molecule has 4 fully saturated rings. The Labute approximate surface area is 159 Å². The quantitative estimate of drug-likeness (QED) is 0.838. The van der Waals surface area contributed by atoms with Crippen LogP contribution in [0.3, 0.4) is 0 Å². The maximum absolute atomic E-state index is 6.48. The molecule has 2 spiro atoms. The van der Waals surface area contributed by atoms with Gasteiger partial charge in [0.15, 0.2) is 0 Å². The lowest BCUT2D eigenvalue weighted by atomic mass is 9.92. The molecule has 5 nitrogen and oxygen atoms in total. The summed E-state index contributed by atoms with van der Waals surface area (Å²) >= 11 is 0. The normalized spacial score (nSPS) is 36.4. The summed E-state index contributed by atoms with van der Waals surface area (Å²) in [6, 6.07) is 6.46. The molecule has 5 heteroatoms. The minimum absolute atomic E-state index is 0.00542. The van der Waals surface area contributed by atoms with Crippen molar-refractivity contribution in [2.75, 3.05) is 26.2 Å². The van der Waals surface area contributed by atoms with Gasteiger partial charge in [0.1, 0.15) is 17.1 Å². The van der Waals surface area contributed by atoms with Crippen molar-refractivity contribution >= 4 is 0 Å². The van der Waals surface area contributed by atoms with E-state index in [4.69, 9.17) is 9.15 Å². The number of piperidine rings is 1. The highest BCUT2D eigenvalue weighted by atomic mass is 16.5. The molecule has 4 aliphatic heterocycles. The second-order valence-electron chi connectivity index (χ2n) is 9.31. The molecule has 6 heterocycles. The zero-order valence-corrected chi connectivity index (χ0v) is 15.6. The topological polar surface area (TPSA) is 41.7 Å². The smallest absolute Gasteiger partial charge is 0.217 e. The van der Waals surface area contributed by atoms with Gasteiger partial charge < -0.3 is 9.15 Å². The molecular weight excluding hydrogens is 338 g/mol. The van der Waals surface area contributed by atoms with E-state index in [0.717, 1.165) is 42.5 Å². The lowest BCUT2D eigenvalue weighted by Crippen LogP contribution is -2.49. The molecule has 0 radical (unpaired) electrons. The first-order valence-corrected chi connectivity index (χ1v) is 10.5. The number of likely N-dealkylation sites (tertiary alicyclic amines) is 1. The van der Waals surface area contributed by atoms with Gasteiger partial charge >= 0.3 is 0 Å². The van der Waals surface area contributed by atoms with Crippen LogP contribution in [0, 0.1) is 5.92 Å². The Morgan fingerprint density at radius 2 is 2.11 bits per heavy atom. The SMILES string of the molecule is c1nc2c(cc1-c1ccc(CN3CCCC3)o1)CC1(CN3CCC34CC14)O2. The van der Waals surface area contributed by atoms with E-state index in [1.807, 2.05) is 6.20 Å². The molecule has 7 rings (SSSR count). The van der Waals surface area contributed by atoms with Gasteiger partial charge in [0.2, 0.25) is 5.88 Å². The number of aromatic nitrogens is 1. The van der Waals surface area contributed by atoms with Gasteiger partial charge in [-0.05, 0) is 57.0 Å². The van der Waals surface area contributed by atoms with Crippen molar-refractivity contribution in [3.8, 4) is 17.2 Å². The summed E-state index contributed by atoms with van der Waals surface area (Å²) in [4.78, 5) is 9.80. The first-order valence-electron chi connectivity index (χ1n) is 10.5. The summed E-state index contributed by atoms with van der Waals surface area (Å²) in [6.07, 6.45) is 8.24. The van der Waals surface area contributed by atoms with Crippen molar-refractivity contribution in [1.82, 2.24) is 14.8 Å². The number of hydrogen-bond donors (Lipinski definition) is 0. The third-order valence-corrected chi connectivity index (χ3v) is 7.82. The Kier molecular flexibility index (Phi) is 2.77. The standard InChI is InChI=1S/C22H25N3O2/c1-2-7-24(6-1)13-17-3-4-18(26-17)16-9-15-10-22(27-20(15)23-12-16)14-25-8-5-21(25)11-19(21)22/h3-4,9,12,19H,1-2,5-8,10-11,13-14H2. The first-order chi connectivity index (χ1) is 13.2. The Balaban J connectivity index is 1.14. The summed E-state index contributed by atoms with van der Waals surface area (Å²) in [5.74, 6) is 3.55. The van der Waals surface area contributed by atoms with Gasteiger partial charge in [-0.25, -0.2) is 4.98 Å². The van der Waals surface area contributed by atoms with E-state index in [0.29, 0.717) is 11.5 Å². The Morgan fingerprint density at radius 1 is 1.19 bits per heavy atom. The fourth-order valence-electron chi connectivity index (χ4n) is 6.29. The third kappa shape index (κ3) is 1.99. The average Bonchev–Trinajstić information content (AvgIpc) is 3.01. The van der Waals surface area contributed by atoms with E-state index in [9.17, 15) is 0 Å². The molecule has 27 heavy (non-hydrogen) atoms. The molecule has 1 aliphatic carbocycles. The van der Waals surface area contributed by atoms with Crippen LogP contribution in [0.2, 0.25) is 0 Å². The summed E-state index contributed by atoms with van der Waals surface area (Å²) in [7, 11) is 0. The molecular formula is C22H25N3O2. The van der Waals surface area contributed by atoms with Crippen LogP contribution >= 0.6 is 0 Å². The van der Waals surface area contributed by atoms with Crippen molar-refractivity contribution in [2.24, 2.45) is 5.92 Å². The monoisotopic (exact) mass is 363 g/mol. The zero-order chi connectivity index (χ0) is 17.6. The molecule has 0 bridgehead atoms. The first kappa shape index (κ1) is 15.1. The highest BCUT2D eigenvalue weighted by Gasteiger charge is 2.77. The molecule has 3 unspecified atom stereocenters. The van der Waals surface area contributed by atoms with E-state index in [-0.39, 0.29) is 5.60 Å². The summed E-state index contributed by atoms with van der Waals surface area (Å²) in [5, 5.41) is 0. The number of rotatable bonds is 3. The maximum Gasteiger partial charge on any atom is 0.217 e. The summed E-state index contributed by atoms with van der Waals surface area (Å²) < 4.78 is 12.6. The number of pyridine rings is 1. The minimum Gasteiger partial charge on any atom is -0.469 e. The molecule has 0 N–H and O–H groups in total. The average molecular weight is 363 g/mol. The molecule has 3 saturated heterocycles. The van der Waals surface area contributed by atoms with Crippen molar-refractivity contribution < 1.29 is 9.15 Å². The molecule has 5 aliphatic rings. The van der Waals surface area contributed by atoms with E-state index in [1.165, 1.54) is 50.9 Å². The van der Waals surface area contributed by atoms with Gasteiger partial charge in [-0.2, -0.15) is 0 Å². The fourth-order valence-corrected chi connectivity index (χ4v) is 6.29. The van der Waals surface area contributed by atoms with Gasteiger partial charge in [-0.15, -0.1) is 0 Å². The molecule has 3 atom stereocenters. The predicted octanol–water partition coefficient (Wildman–Crippen LogP) is 3.09. The number of nitrogens with zero attached hydrogens (tertiary/aromatic N) is 3. The van der Waals surface area contributed by atoms with Crippen LogP contribution in [0.4, 0.5) is 0 Å². The van der Waals surface area contributed by atoms with Crippen LogP contribution < -0.4 is 4.74 Å². The van der Waals surface area contributed by atoms with Crippen LogP contribution in [0.5, 0.6) is 5.88 Å². The summed E-state index contributed by atoms with van der Waals surface area (Å²) in [5.41, 5.74) is 2.84. The lowest BCUT2D eigenvalue weighted by Gasteiger charge is -2.39. The molecule has 1 saturated carbocycles. The van der Waals surface area contributed by atoms with Crippen LogP contribution in [-0.2, 0) is 13.0 Å². The Morgan fingerprint density at radius 3 is 2.85 bits per heavy atom. The lowest BCUT2D eigenvalue weighted by molar-refractivity contribution is 0.0450. The van der Waals surface area contributed by atoms with E-state index >= 15 is 0 Å². The number of furan rings is 1. The van der Waals surface area contributed by atoms with Crippen molar-refractivity contribution in [3.63, 3.8) is 0 Å². The van der Waals surface area contributed by atoms with E-state index in [2.05, 4.69) is 33.0 Å². The highest BCUT2D eigenvalue weighted by Crippen LogP contribution is 2.68. The second kappa shape index (κ2) is 4.95. The molecule has 2 aromatic heterocycles. The van der Waals surface area contributed by atoms with Gasteiger partial charge in [-0.3, -0.25) is 9.80 Å². The van der Waals surface area contributed by atoms with Crippen LogP contribution in [0.1, 0.15) is 37.0 Å². The molecule has 0 aromatic carbocycles. The van der Waals surface area contributed by atoms with Gasteiger partial charge in [0.05, 0.1) is 6.54 Å². The van der Waals surface area contributed by atoms with Crippen molar-refractivity contribution in [2.45, 2.75) is 49.8 Å². The maximum atomic E-state index is 6.48. The highest BCUT2D eigenvalue weighted by molar-refractivity contribution is 5.59. The van der Waals surface area contributed by atoms with Gasteiger partial charge in [0, 0.05) is 48.3 Å². The number of hydrogen-bond acceptors (Lipinski definition) is 5. The minimum atomic E-state index is -0.00542. The third-order valence-electron chi connectivity index (χ3n) is 7.82. The Bertz CT molecular complexity index is 933. The Hall–Kier alpha value is -1.85. The van der Waals surface area contributed by atoms with Crippen molar-refractivity contribution in [1.29, 1.82) is 0 Å². The van der Waals surface area contributed by atoms with Gasteiger partial charge in [0.25, 0.3) is 0 Å². The van der Waals surface area contributed by atoms with E-state index < -0.39 is 0 Å². The van der Waals surface area contributed by atoms with Gasteiger partial charge in [-0.1, -0.05) is 0 Å². The predicted molar refractivity (Wildman–Crippen MR) is 101 cm³/mol. The number of ether oxygens (including phenoxy) is 1. The second-order valence-corrected chi connectivity index (χ2v) is 9.31. The van der Waals surface area contributed by atoms with E-state index in [1.54, 1.807) is 0 Å². The van der Waals surface area contributed by atoms with Crippen LogP contribution in [-0.4, -0.2) is 52.1 Å². The van der Waals surface area contributed by atoms with Crippen LogP contribution in [0.15, 0.2) is 28.8 Å². The fraction of sp³-hybridized carbons (Fsp3) is 0.591.